The van der Waals surface area contributed by atoms with E-state index in [1.54, 1.807) is 33.8 Å². The summed E-state index contributed by atoms with van der Waals surface area (Å²) in [4.78, 5) is 38.4. The van der Waals surface area contributed by atoms with Crippen LogP contribution in [-0.4, -0.2) is 33.3 Å². The third-order valence-corrected chi connectivity index (χ3v) is 3.68. The van der Waals surface area contributed by atoms with Crippen LogP contribution in [-0.2, 0) is 0 Å². The van der Waals surface area contributed by atoms with E-state index in [1.807, 2.05) is 0 Å². The summed E-state index contributed by atoms with van der Waals surface area (Å²) in [6.45, 7) is 7.09. The molecule has 0 atom stereocenters. The number of carbonyl (C=O) groups is 3. The first-order valence-corrected chi connectivity index (χ1v) is 7.46. The van der Waals surface area contributed by atoms with Crippen molar-refractivity contribution in [1.82, 2.24) is 10.1 Å². The fourth-order valence-corrected chi connectivity index (χ4v) is 2.60. The molecule has 0 radical (unpaired) electrons. The molecule has 0 bridgehead atoms. The third-order valence-electron chi connectivity index (χ3n) is 3.68. The number of anilines is 1. The molecule has 0 aliphatic carbocycles. The summed E-state index contributed by atoms with van der Waals surface area (Å²) in [6, 6.07) is 6.03. The van der Waals surface area contributed by atoms with Crippen LogP contribution in [0.15, 0.2) is 28.8 Å². The molecule has 0 saturated carbocycles. The number of hydrogen-bond donors (Lipinski definition) is 1. The van der Waals surface area contributed by atoms with Gasteiger partial charge in [0.2, 0.25) is 5.88 Å². The highest BCUT2D eigenvalue weighted by atomic mass is 16.5. The van der Waals surface area contributed by atoms with Gasteiger partial charge in [-0.25, -0.2) is 0 Å². The molecule has 2 heterocycles. The first kappa shape index (κ1) is 15.9. The Hall–Kier alpha value is -2.96. The van der Waals surface area contributed by atoms with Crippen LogP contribution >= 0.6 is 0 Å². The zero-order valence-corrected chi connectivity index (χ0v) is 13.8. The second-order valence-corrected chi connectivity index (χ2v) is 6.66. The van der Waals surface area contributed by atoms with Gasteiger partial charge in [0.25, 0.3) is 17.7 Å². The normalized spacial score (nSPS) is 14.1. The number of imide groups is 1. The van der Waals surface area contributed by atoms with E-state index < -0.39 is 17.4 Å². The van der Waals surface area contributed by atoms with Gasteiger partial charge in [-0.2, -0.15) is 0 Å². The van der Waals surface area contributed by atoms with Gasteiger partial charge in [0, 0.05) is 17.2 Å². The summed E-state index contributed by atoms with van der Waals surface area (Å²) >= 11 is 0. The lowest BCUT2D eigenvalue weighted by atomic mass is 10.1. The average Bonchev–Trinajstić information content (AvgIpc) is 3.00. The average molecular weight is 327 g/mol. The fourth-order valence-electron chi connectivity index (χ4n) is 2.60. The Morgan fingerprint density at radius 3 is 2.38 bits per heavy atom. The molecular formula is C17H17N3O4. The maximum atomic E-state index is 12.5. The van der Waals surface area contributed by atoms with Crippen molar-refractivity contribution >= 4 is 23.6 Å². The lowest BCUT2D eigenvalue weighted by Gasteiger charge is -2.29. The molecule has 3 amide bonds. The number of rotatable bonds is 2. The molecule has 7 nitrogen and oxygen atoms in total. The van der Waals surface area contributed by atoms with Crippen LogP contribution in [0.2, 0.25) is 0 Å². The third kappa shape index (κ3) is 2.58. The number of fused-ring (bicyclic) bond motifs is 1. The van der Waals surface area contributed by atoms with Crippen LogP contribution in [0, 0.1) is 6.92 Å². The lowest BCUT2D eigenvalue weighted by Crippen LogP contribution is -2.45. The van der Waals surface area contributed by atoms with Gasteiger partial charge >= 0.3 is 0 Å². The standard InChI is InChI=1S/C17H17N3O4/c1-9-7-13(24-19-9)18-14(21)10-5-6-11-12(8-10)16(23)20(15(11)22)17(2,3)4/h5-8H,1-4H3,(H,18,21). The van der Waals surface area contributed by atoms with Crippen molar-refractivity contribution in [2.75, 3.05) is 5.32 Å². The largest absolute Gasteiger partial charge is 0.338 e. The Bertz CT molecular complexity index is 861. The monoisotopic (exact) mass is 327 g/mol. The molecule has 0 fully saturated rings. The summed E-state index contributed by atoms with van der Waals surface area (Å²) in [6.07, 6.45) is 0. The number of carbonyl (C=O) groups excluding carboxylic acids is 3. The van der Waals surface area contributed by atoms with Crippen LogP contribution in [0.1, 0.15) is 57.5 Å². The second-order valence-electron chi connectivity index (χ2n) is 6.66. The molecular weight excluding hydrogens is 310 g/mol. The molecule has 1 aliphatic heterocycles. The summed E-state index contributed by atoms with van der Waals surface area (Å²) in [5.74, 6) is -0.965. The van der Waals surface area contributed by atoms with Crippen molar-refractivity contribution in [3.8, 4) is 0 Å². The SMILES string of the molecule is Cc1cc(NC(=O)c2ccc3c(c2)C(=O)N(C(C)(C)C)C3=O)on1. The molecule has 2 aromatic rings. The number of aromatic nitrogens is 1. The molecule has 7 heteroatoms. The quantitative estimate of drug-likeness (QED) is 0.856. The van der Waals surface area contributed by atoms with Gasteiger partial charge in [0.1, 0.15) is 0 Å². The highest BCUT2D eigenvalue weighted by Gasteiger charge is 2.42. The van der Waals surface area contributed by atoms with Crippen molar-refractivity contribution in [2.45, 2.75) is 33.2 Å². The molecule has 124 valence electrons. The van der Waals surface area contributed by atoms with E-state index in [0.29, 0.717) is 11.3 Å². The van der Waals surface area contributed by atoms with Crippen molar-refractivity contribution in [3.05, 3.63) is 46.6 Å². The number of nitrogens with zero attached hydrogens (tertiary/aromatic N) is 2. The van der Waals surface area contributed by atoms with Crippen molar-refractivity contribution in [1.29, 1.82) is 0 Å². The van der Waals surface area contributed by atoms with E-state index in [9.17, 15) is 14.4 Å². The lowest BCUT2D eigenvalue weighted by molar-refractivity contribution is 0.0507. The first-order valence-electron chi connectivity index (χ1n) is 7.46. The summed E-state index contributed by atoms with van der Waals surface area (Å²) in [5, 5.41) is 6.24. The number of hydrogen-bond acceptors (Lipinski definition) is 5. The number of nitrogens with one attached hydrogen (secondary N) is 1. The van der Waals surface area contributed by atoms with E-state index in [-0.39, 0.29) is 22.9 Å². The molecule has 1 aromatic heterocycles. The number of aryl methyl sites for hydroxylation is 1. The number of amides is 3. The van der Waals surface area contributed by atoms with Crippen LogP contribution in [0.4, 0.5) is 5.88 Å². The first-order chi connectivity index (χ1) is 11.2. The zero-order chi connectivity index (χ0) is 17.6. The van der Waals surface area contributed by atoms with E-state index in [2.05, 4.69) is 10.5 Å². The highest BCUT2D eigenvalue weighted by molar-refractivity contribution is 6.22. The van der Waals surface area contributed by atoms with Gasteiger partial charge in [0.15, 0.2) is 0 Å². The van der Waals surface area contributed by atoms with Gasteiger partial charge in [-0.3, -0.25) is 24.6 Å². The van der Waals surface area contributed by atoms with Crippen LogP contribution in [0.3, 0.4) is 0 Å². The predicted molar refractivity (Wildman–Crippen MR) is 85.9 cm³/mol. The number of benzene rings is 1. The van der Waals surface area contributed by atoms with E-state index in [0.717, 1.165) is 0 Å². The Morgan fingerprint density at radius 2 is 1.79 bits per heavy atom. The molecule has 1 aromatic carbocycles. The van der Waals surface area contributed by atoms with Gasteiger partial charge in [0.05, 0.1) is 16.8 Å². The minimum absolute atomic E-state index is 0.219. The van der Waals surface area contributed by atoms with Crippen molar-refractivity contribution in [2.24, 2.45) is 0 Å². The fraction of sp³-hybridized carbons (Fsp3) is 0.294. The van der Waals surface area contributed by atoms with Crippen LogP contribution in [0.25, 0.3) is 0 Å². The minimum Gasteiger partial charge on any atom is -0.338 e. The Balaban J connectivity index is 1.91. The minimum atomic E-state index is -0.632. The second kappa shape index (κ2) is 5.30. The molecule has 0 spiro atoms. The Kier molecular flexibility index (Phi) is 3.51. The molecule has 0 saturated heterocycles. The molecule has 1 N–H and O–H groups in total. The van der Waals surface area contributed by atoms with Crippen LogP contribution in [0.5, 0.6) is 0 Å². The van der Waals surface area contributed by atoms with Gasteiger partial charge in [-0.05, 0) is 45.9 Å². The van der Waals surface area contributed by atoms with Crippen molar-refractivity contribution in [3.63, 3.8) is 0 Å². The van der Waals surface area contributed by atoms with Gasteiger partial charge in [-0.15, -0.1) is 0 Å². The van der Waals surface area contributed by atoms with Gasteiger partial charge < -0.3 is 4.52 Å². The maximum Gasteiger partial charge on any atom is 0.262 e. The van der Waals surface area contributed by atoms with Crippen molar-refractivity contribution < 1.29 is 18.9 Å². The molecule has 3 rings (SSSR count). The summed E-state index contributed by atoms with van der Waals surface area (Å²) in [7, 11) is 0. The summed E-state index contributed by atoms with van der Waals surface area (Å²) < 4.78 is 4.94. The Labute approximate surface area is 138 Å². The van der Waals surface area contributed by atoms with E-state index in [4.69, 9.17) is 4.52 Å². The molecule has 24 heavy (non-hydrogen) atoms. The smallest absolute Gasteiger partial charge is 0.262 e. The zero-order valence-electron chi connectivity index (χ0n) is 13.8. The van der Waals surface area contributed by atoms with E-state index >= 15 is 0 Å². The van der Waals surface area contributed by atoms with Gasteiger partial charge in [-0.1, -0.05) is 5.16 Å². The molecule has 1 aliphatic rings. The predicted octanol–water partition coefficient (Wildman–Crippen LogP) is 2.63. The topological polar surface area (TPSA) is 92.5 Å². The van der Waals surface area contributed by atoms with Crippen LogP contribution < -0.4 is 5.32 Å². The summed E-state index contributed by atoms with van der Waals surface area (Å²) in [5.41, 5.74) is 0.811. The molecule has 0 unspecified atom stereocenters. The highest BCUT2D eigenvalue weighted by Crippen LogP contribution is 2.30. The maximum absolute atomic E-state index is 12.5. The Morgan fingerprint density at radius 1 is 1.12 bits per heavy atom. The van der Waals surface area contributed by atoms with E-state index in [1.165, 1.54) is 23.1 Å².